The van der Waals surface area contributed by atoms with Crippen molar-refractivity contribution in [1.82, 2.24) is 14.8 Å². The summed E-state index contributed by atoms with van der Waals surface area (Å²) in [4.78, 5) is 38.5. The monoisotopic (exact) mass is 383 g/mol. The van der Waals surface area contributed by atoms with Gasteiger partial charge >= 0.3 is 5.69 Å². The van der Waals surface area contributed by atoms with E-state index >= 15 is 0 Å². The maximum Gasteiger partial charge on any atom is 0.306 e. The van der Waals surface area contributed by atoms with Crippen molar-refractivity contribution in [2.24, 2.45) is 0 Å². The van der Waals surface area contributed by atoms with Gasteiger partial charge < -0.3 is 5.32 Å². The number of pyridine rings is 1. The standard InChI is InChI=1S/C18H14FN5O4/c1-11(18(26)21-13-2-3-14(19)16(10-13)24(27)28)23-17(25)5-4-15(22-23)12-6-8-20-9-7-12/h2-11H,1H3,(H,21,26). The number of nitro benzene ring substituents is 1. The molecule has 28 heavy (non-hydrogen) atoms. The molecule has 0 spiro atoms. The molecule has 0 aliphatic rings. The number of carbonyl (C=O) groups is 1. The maximum atomic E-state index is 13.4. The van der Waals surface area contributed by atoms with E-state index in [0.717, 1.165) is 16.8 Å². The lowest BCUT2D eigenvalue weighted by Crippen LogP contribution is -2.33. The number of nitro groups is 1. The van der Waals surface area contributed by atoms with E-state index in [1.54, 1.807) is 24.5 Å². The Balaban J connectivity index is 1.87. The Kier molecular flexibility index (Phi) is 5.21. The summed E-state index contributed by atoms with van der Waals surface area (Å²) >= 11 is 0. The van der Waals surface area contributed by atoms with E-state index in [4.69, 9.17) is 0 Å². The molecule has 9 nitrogen and oxygen atoms in total. The number of nitrogens with one attached hydrogen (secondary N) is 1. The maximum absolute atomic E-state index is 13.4. The zero-order valence-electron chi connectivity index (χ0n) is 14.6. The minimum Gasteiger partial charge on any atom is -0.324 e. The third kappa shape index (κ3) is 3.90. The van der Waals surface area contributed by atoms with Crippen LogP contribution in [0.25, 0.3) is 11.3 Å². The van der Waals surface area contributed by atoms with Crippen LogP contribution in [-0.4, -0.2) is 25.6 Å². The average molecular weight is 383 g/mol. The summed E-state index contributed by atoms with van der Waals surface area (Å²) in [5.74, 6) is -1.65. The van der Waals surface area contributed by atoms with E-state index in [0.29, 0.717) is 11.3 Å². The van der Waals surface area contributed by atoms with Gasteiger partial charge in [-0.1, -0.05) is 0 Å². The van der Waals surface area contributed by atoms with Crippen molar-refractivity contribution in [1.29, 1.82) is 0 Å². The molecule has 3 aromatic rings. The summed E-state index contributed by atoms with van der Waals surface area (Å²) in [6, 6.07) is 8.20. The van der Waals surface area contributed by atoms with Crippen LogP contribution in [0, 0.1) is 15.9 Å². The zero-order chi connectivity index (χ0) is 20.3. The highest BCUT2D eigenvalue weighted by atomic mass is 19.1. The molecule has 0 saturated carbocycles. The van der Waals surface area contributed by atoms with Crippen LogP contribution in [0.15, 0.2) is 59.7 Å². The van der Waals surface area contributed by atoms with Crippen LogP contribution < -0.4 is 10.9 Å². The quantitative estimate of drug-likeness (QED) is 0.534. The predicted octanol–water partition coefficient (Wildman–Crippen LogP) is 2.55. The number of nitrogens with zero attached hydrogens (tertiary/aromatic N) is 4. The molecule has 1 amide bonds. The molecule has 142 valence electrons. The highest BCUT2D eigenvalue weighted by Gasteiger charge is 2.20. The van der Waals surface area contributed by atoms with Crippen molar-refractivity contribution in [2.75, 3.05) is 5.32 Å². The summed E-state index contributed by atoms with van der Waals surface area (Å²) in [6.07, 6.45) is 3.15. The van der Waals surface area contributed by atoms with Crippen LogP contribution in [0.1, 0.15) is 13.0 Å². The Morgan fingerprint density at radius 3 is 2.61 bits per heavy atom. The summed E-state index contributed by atoms with van der Waals surface area (Å²) < 4.78 is 14.4. The number of halogens is 1. The first-order valence-corrected chi connectivity index (χ1v) is 8.12. The van der Waals surface area contributed by atoms with Gasteiger partial charge in [0.1, 0.15) is 6.04 Å². The van der Waals surface area contributed by atoms with Crippen molar-refractivity contribution in [3.8, 4) is 11.3 Å². The fourth-order valence-corrected chi connectivity index (χ4v) is 2.47. The lowest BCUT2D eigenvalue weighted by Gasteiger charge is -2.15. The minimum absolute atomic E-state index is 0.0308. The Bertz CT molecular complexity index is 1100. The number of anilines is 1. The fraction of sp³-hybridized carbons (Fsp3) is 0.111. The van der Waals surface area contributed by atoms with Crippen LogP contribution in [0.2, 0.25) is 0 Å². The van der Waals surface area contributed by atoms with Crippen molar-refractivity contribution >= 4 is 17.3 Å². The SMILES string of the molecule is CC(C(=O)Nc1ccc(F)c([N+](=O)[O-])c1)n1nc(-c2ccncc2)ccc1=O. The van der Waals surface area contributed by atoms with Crippen LogP contribution in [0.3, 0.4) is 0 Å². The highest BCUT2D eigenvalue weighted by Crippen LogP contribution is 2.22. The number of rotatable bonds is 5. The summed E-state index contributed by atoms with van der Waals surface area (Å²) in [5, 5.41) is 17.5. The number of amides is 1. The van der Waals surface area contributed by atoms with Gasteiger partial charge in [0.2, 0.25) is 11.7 Å². The number of aromatic nitrogens is 3. The number of hydrogen-bond donors (Lipinski definition) is 1. The largest absolute Gasteiger partial charge is 0.324 e. The molecule has 2 aromatic heterocycles. The van der Waals surface area contributed by atoms with E-state index in [1.807, 2.05) is 0 Å². The predicted molar refractivity (Wildman–Crippen MR) is 98.1 cm³/mol. The van der Waals surface area contributed by atoms with E-state index in [-0.39, 0.29) is 5.69 Å². The molecule has 0 fully saturated rings. The van der Waals surface area contributed by atoms with E-state index in [2.05, 4.69) is 15.4 Å². The van der Waals surface area contributed by atoms with Crippen molar-refractivity contribution in [3.63, 3.8) is 0 Å². The topological polar surface area (TPSA) is 120 Å². The summed E-state index contributed by atoms with van der Waals surface area (Å²) in [6.45, 7) is 1.46. The van der Waals surface area contributed by atoms with Crippen LogP contribution in [0.4, 0.5) is 15.8 Å². The molecule has 0 bridgehead atoms. The molecule has 2 heterocycles. The molecule has 3 rings (SSSR count). The van der Waals surface area contributed by atoms with Gasteiger partial charge in [0.25, 0.3) is 5.56 Å². The molecule has 0 aliphatic heterocycles. The second kappa shape index (κ2) is 7.74. The average Bonchev–Trinajstić information content (AvgIpc) is 2.69. The summed E-state index contributed by atoms with van der Waals surface area (Å²) in [5.41, 5.74) is -0.0427. The second-order valence-corrected chi connectivity index (χ2v) is 5.83. The summed E-state index contributed by atoms with van der Waals surface area (Å²) in [7, 11) is 0. The molecule has 1 atom stereocenters. The van der Waals surface area contributed by atoms with Crippen LogP contribution in [-0.2, 0) is 4.79 Å². The van der Waals surface area contributed by atoms with Gasteiger partial charge in [-0.2, -0.15) is 9.49 Å². The first-order valence-electron chi connectivity index (χ1n) is 8.12. The molecule has 1 unspecified atom stereocenters. The van der Waals surface area contributed by atoms with Crippen molar-refractivity contribution < 1.29 is 14.1 Å². The lowest BCUT2D eigenvalue weighted by molar-refractivity contribution is -0.387. The number of carbonyl (C=O) groups excluding carboxylic acids is 1. The van der Waals surface area contributed by atoms with Gasteiger partial charge in [-0.15, -0.1) is 0 Å². The molecular formula is C18H14FN5O4. The third-order valence-electron chi connectivity index (χ3n) is 3.96. The van der Waals surface area contributed by atoms with Crippen LogP contribution >= 0.6 is 0 Å². The molecular weight excluding hydrogens is 369 g/mol. The van der Waals surface area contributed by atoms with E-state index in [1.165, 1.54) is 25.1 Å². The molecule has 10 heteroatoms. The molecule has 0 saturated heterocycles. The minimum atomic E-state index is -1.02. The Hall–Kier alpha value is -3.95. The Morgan fingerprint density at radius 1 is 1.21 bits per heavy atom. The first kappa shape index (κ1) is 18.8. The van der Waals surface area contributed by atoms with Gasteiger partial charge in [0.15, 0.2) is 0 Å². The second-order valence-electron chi connectivity index (χ2n) is 5.83. The first-order chi connectivity index (χ1) is 13.4. The Morgan fingerprint density at radius 2 is 1.93 bits per heavy atom. The smallest absolute Gasteiger partial charge is 0.306 e. The highest BCUT2D eigenvalue weighted by molar-refractivity contribution is 5.93. The normalized spacial score (nSPS) is 11.6. The Labute approximate surface area is 157 Å². The van der Waals surface area contributed by atoms with Gasteiger partial charge in [-0.05, 0) is 37.3 Å². The third-order valence-corrected chi connectivity index (χ3v) is 3.96. The van der Waals surface area contributed by atoms with Crippen molar-refractivity contribution in [2.45, 2.75) is 13.0 Å². The van der Waals surface area contributed by atoms with Gasteiger partial charge in [0.05, 0.1) is 10.6 Å². The van der Waals surface area contributed by atoms with Crippen molar-refractivity contribution in [3.05, 3.63) is 81.1 Å². The lowest BCUT2D eigenvalue weighted by atomic mass is 10.2. The molecule has 1 aromatic carbocycles. The van der Waals surface area contributed by atoms with E-state index in [9.17, 15) is 24.1 Å². The number of hydrogen-bond acceptors (Lipinski definition) is 6. The van der Waals surface area contributed by atoms with Gasteiger partial charge in [-0.3, -0.25) is 24.7 Å². The van der Waals surface area contributed by atoms with E-state index < -0.39 is 33.9 Å². The molecule has 0 radical (unpaired) electrons. The van der Waals surface area contributed by atoms with Gasteiger partial charge in [-0.25, -0.2) is 4.68 Å². The van der Waals surface area contributed by atoms with Crippen LogP contribution in [0.5, 0.6) is 0 Å². The fourth-order valence-electron chi connectivity index (χ4n) is 2.47. The molecule has 0 aliphatic carbocycles. The zero-order valence-corrected chi connectivity index (χ0v) is 14.6. The van der Waals surface area contributed by atoms with Gasteiger partial charge in [0, 0.05) is 35.8 Å². The molecule has 1 N–H and O–H groups in total. The number of benzene rings is 1.